The first kappa shape index (κ1) is 16.5. The van der Waals surface area contributed by atoms with Crippen molar-refractivity contribution in [2.75, 3.05) is 11.5 Å². The summed E-state index contributed by atoms with van der Waals surface area (Å²) in [6, 6.07) is 7.02. The Bertz CT molecular complexity index is 854. The molecule has 6 nitrogen and oxygen atoms in total. The lowest BCUT2D eigenvalue weighted by molar-refractivity contribution is -0.132. The highest BCUT2D eigenvalue weighted by Gasteiger charge is 2.77. The van der Waals surface area contributed by atoms with Crippen molar-refractivity contribution in [1.82, 2.24) is 0 Å². The summed E-state index contributed by atoms with van der Waals surface area (Å²) in [5, 5.41) is 20.0. The number of carbonyl (C=O) groups excluding carboxylic acids is 1. The van der Waals surface area contributed by atoms with Crippen molar-refractivity contribution in [2.45, 2.75) is 49.7 Å². The van der Waals surface area contributed by atoms with Crippen molar-refractivity contribution < 1.29 is 19.4 Å². The van der Waals surface area contributed by atoms with E-state index in [-0.39, 0.29) is 11.8 Å². The number of carbonyl (C=O) groups is 1. The van der Waals surface area contributed by atoms with Crippen LogP contribution in [0.3, 0.4) is 0 Å². The van der Waals surface area contributed by atoms with E-state index in [2.05, 4.69) is 0 Å². The van der Waals surface area contributed by atoms with Crippen molar-refractivity contribution in [3.05, 3.63) is 28.8 Å². The molecule has 26 heavy (non-hydrogen) atoms. The Morgan fingerprint density at radius 3 is 3.00 bits per heavy atom. The highest BCUT2D eigenvalue weighted by Crippen LogP contribution is 2.64. The third-order valence-corrected chi connectivity index (χ3v) is 6.97. The Labute approximate surface area is 156 Å². The zero-order valence-electron chi connectivity index (χ0n) is 14.3. The summed E-state index contributed by atoms with van der Waals surface area (Å²) < 4.78 is 12.5. The molecule has 4 saturated heterocycles. The Balaban J connectivity index is 1.63. The molecule has 4 heterocycles. The lowest BCUT2D eigenvalue weighted by Crippen LogP contribution is -2.49. The summed E-state index contributed by atoms with van der Waals surface area (Å²) in [7, 11) is 0. The van der Waals surface area contributed by atoms with Gasteiger partial charge in [0.25, 0.3) is 0 Å². The van der Waals surface area contributed by atoms with Crippen LogP contribution in [0, 0.1) is 23.2 Å². The number of amides is 1. The highest BCUT2D eigenvalue weighted by atomic mass is 35.5. The molecule has 5 rings (SSSR count). The van der Waals surface area contributed by atoms with Gasteiger partial charge in [0, 0.05) is 24.6 Å². The Kier molecular flexibility index (Phi) is 3.31. The van der Waals surface area contributed by atoms with Gasteiger partial charge in [0.2, 0.25) is 5.91 Å². The van der Waals surface area contributed by atoms with Gasteiger partial charge in [-0.1, -0.05) is 11.6 Å². The summed E-state index contributed by atoms with van der Waals surface area (Å²) >= 11 is 6.20. The maximum absolute atomic E-state index is 13.4. The molecule has 136 valence electrons. The van der Waals surface area contributed by atoms with Gasteiger partial charge in [-0.3, -0.25) is 9.69 Å². The number of anilines is 1. The number of benzene rings is 1. The minimum atomic E-state index is -0.883. The zero-order valence-corrected chi connectivity index (χ0v) is 15.1. The number of aliphatic hydroxyl groups is 1. The first-order chi connectivity index (χ1) is 12.4. The molecule has 0 saturated carbocycles. The molecule has 1 N–H and O–H groups in total. The van der Waals surface area contributed by atoms with Gasteiger partial charge in [0.1, 0.15) is 17.9 Å². The maximum Gasteiger partial charge on any atom is 0.235 e. The third-order valence-electron chi connectivity index (χ3n) is 6.66. The monoisotopic (exact) mass is 374 g/mol. The molecule has 1 amide bonds. The molecule has 0 radical (unpaired) electrons. The van der Waals surface area contributed by atoms with Crippen molar-refractivity contribution >= 4 is 23.2 Å². The molecule has 4 aliphatic heterocycles. The van der Waals surface area contributed by atoms with Crippen LogP contribution in [-0.2, 0) is 14.3 Å². The average molecular weight is 375 g/mol. The molecular formula is C19H19ClN2O4. The van der Waals surface area contributed by atoms with E-state index in [0.717, 1.165) is 12.8 Å². The zero-order chi connectivity index (χ0) is 18.3. The van der Waals surface area contributed by atoms with Crippen LogP contribution in [-0.4, -0.2) is 41.2 Å². The number of ether oxygens (including phenoxy) is 2. The number of hydrogen-bond donors (Lipinski definition) is 1. The van der Waals surface area contributed by atoms with Crippen molar-refractivity contribution in [1.29, 1.82) is 5.26 Å². The number of aliphatic hydroxyl groups excluding tert-OH is 1. The van der Waals surface area contributed by atoms with Gasteiger partial charge < -0.3 is 14.6 Å². The van der Waals surface area contributed by atoms with Crippen LogP contribution in [0.2, 0.25) is 5.02 Å². The van der Waals surface area contributed by atoms with Crippen LogP contribution >= 0.6 is 11.6 Å². The fraction of sp³-hybridized carbons (Fsp3) is 0.579. The lowest BCUT2D eigenvalue weighted by atomic mass is 9.65. The predicted molar refractivity (Wildman–Crippen MR) is 92.5 cm³/mol. The molecule has 7 heteroatoms. The van der Waals surface area contributed by atoms with E-state index in [1.165, 1.54) is 0 Å². The van der Waals surface area contributed by atoms with E-state index in [0.29, 0.717) is 29.3 Å². The molecule has 0 aromatic heterocycles. The Morgan fingerprint density at radius 1 is 1.46 bits per heavy atom. The molecule has 1 aromatic carbocycles. The fourth-order valence-electron chi connectivity index (χ4n) is 5.56. The summed E-state index contributed by atoms with van der Waals surface area (Å²) in [5.41, 5.74) is -0.411. The molecule has 1 spiro atoms. The summed E-state index contributed by atoms with van der Waals surface area (Å²) in [5.74, 6) is -0.658. The van der Waals surface area contributed by atoms with Crippen molar-refractivity contribution in [3.8, 4) is 6.07 Å². The first-order valence-corrected chi connectivity index (χ1v) is 9.32. The number of fused-ring (bicyclic) bond motifs is 2. The molecule has 2 unspecified atom stereocenters. The molecule has 4 fully saturated rings. The van der Waals surface area contributed by atoms with Gasteiger partial charge in [0.05, 0.1) is 28.2 Å². The van der Waals surface area contributed by atoms with Crippen molar-refractivity contribution in [3.63, 3.8) is 0 Å². The van der Waals surface area contributed by atoms with Crippen LogP contribution in [0.1, 0.15) is 31.7 Å². The number of rotatable bonds is 1. The number of hydrogen-bond acceptors (Lipinski definition) is 5. The standard InChI is InChI=1S/C19H19ClN2O4/c1-18-13(23)8-19(26-18)5-2-6-25-17-15(19)14(18)16(24)22(17)11-4-3-10(9-21)12(20)7-11/h3-4,7,13-15,17,23H,2,5-6,8H2,1H3/t13-,14?,15?,17+,18-,19+/m1/s1. The number of halogens is 1. The van der Waals surface area contributed by atoms with E-state index >= 15 is 0 Å². The SMILES string of the molecule is C[C@]12O[C@@]3(CCCO[C@H]4C3C1C(=O)N4c1ccc(C#N)c(Cl)c1)C[C@H]2O. The molecule has 2 bridgehead atoms. The Hall–Kier alpha value is -1.65. The first-order valence-electron chi connectivity index (χ1n) is 8.94. The number of nitrogens with zero attached hydrogens (tertiary/aromatic N) is 2. The average Bonchev–Trinajstić information content (AvgIpc) is 3.08. The quantitative estimate of drug-likeness (QED) is 0.815. The smallest absolute Gasteiger partial charge is 0.235 e. The molecule has 1 aromatic rings. The van der Waals surface area contributed by atoms with Crippen molar-refractivity contribution in [2.24, 2.45) is 11.8 Å². The van der Waals surface area contributed by atoms with E-state index in [9.17, 15) is 9.90 Å². The second-order valence-electron chi connectivity index (χ2n) is 7.92. The van der Waals surface area contributed by atoms with E-state index < -0.39 is 29.5 Å². The highest BCUT2D eigenvalue weighted by molar-refractivity contribution is 6.32. The fourth-order valence-corrected chi connectivity index (χ4v) is 5.78. The van der Waals surface area contributed by atoms with Gasteiger partial charge in [-0.25, -0.2) is 0 Å². The summed E-state index contributed by atoms with van der Waals surface area (Å²) in [4.78, 5) is 15.0. The third kappa shape index (κ3) is 1.84. The molecule has 0 aliphatic carbocycles. The van der Waals surface area contributed by atoms with E-state index in [1.807, 2.05) is 13.0 Å². The minimum Gasteiger partial charge on any atom is -0.390 e. The van der Waals surface area contributed by atoms with Crippen LogP contribution in [0.5, 0.6) is 0 Å². The molecule has 4 aliphatic rings. The van der Waals surface area contributed by atoms with Gasteiger partial charge in [-0.2, -0.15) is 5.26 Å². The second kappa shape index (κ2) is 5.20. The van der Waals surface area contributed by atoms with Gasteiger partial charge in [-0.05, 0) is 38.0 Å². The lowest BCUT2D eigenvalue weighted by Gasteiger charge is -2.35. The topological polar surface area (TPSA) is 82.8 Å². The van der Waals surface area contributed by atoms with Crippen LogP contribution in [0.4, 0.5) is 5.69 Å². The van der Waals surface area contributed by atoms with E-state index in [1.54, 1.807) is 23.1 Å². The van der Waals surface area contributed by atoms with E-state index in [4.69, 9.17) is 26.3 Å². The summed E-state index contributed by atoms with van der Waals surface area (Å²) in [6.45, 7) is 2.38. The minimum absolute atomic E-state index is 0.106. The Morgan fingerprint density at radius 2 is 2.27 bits per heavy atom. The predicted octanol–water partition coefficient (Wildman–Crippen LogP) is 2.22. The van der Waals surface area contributed by atoms with Gasteiger partial charge >= 0.3 is 0 Å². The largest absolute Gasteiger partial charge is 0.390 e. The number of nitriles is 1. The van der Waals surface area contributed by atoms with Gasteiger partial charge in [-0.15, -0.1) is 0 Å². The van der Waals surface area contributed by atoms with Crippen LogP contribution < -0.4 is 4.90 Å². The van der Waals surface area contributed by atoms with Gasteiger partial charge in [0.15, 0.2) is 0 Å². The van der Waals surface area contributed by atoms with Crippen LogP contribution in [0.25, 0.3) is 0 Å². The van der Waals surface area contributed by atoms with Crippen LogP contribution in [0.15, 0.2) is 18.2 Å². The molecule has 6 atom stereocenters. The molecular weight excluding hydrogens is 356 g/mol. The maximum atomic E-state index is 13.4. The normalized spacial score (nSPS) is 43.3. The summed E-state index contributed by atoms with van der Waals surface area (Å²) in [6.07, 6.45) is 1.06. The second-order valence-corrected chi connectivity index (χ2v) is 8.33.